The molecule has 1 atom stereocenters. The smallest absolute Gasteiger partial charge is 0.307 e. The van der Waals surface area contributed by atoms with Crippen LogP contribution in [-0.2, 0) is 16.0 Å². The Kier molecular flexibility index (Phi) is 5.83. The monoisotopic (exact) mass is 298 g/mol. The molecule has 0 aromatic heterocycles. The second kappa shape index (κ2) is 7.37. The molecule has 0 heterocycles. The van der Waals surface area contributed by atoms with Gasteiger partial charge in [-0.15, -0.1) is 0 Å². The molecule has 21 heavy (non-hydrogen) atoms. The van der Waals surface area contributed by atoms with E-state index in [0.29, 0.717) is 22.8 Å². The molecule has 1 rings (SSSR count). The summed E-state index contributed by atoms with van der Waals surface area (Å²) in [7, 11) is 4.37. The average Bonchev–Trinajstić information content (AvgIpc) is 2.44. The summed E-state index contributed by atoms with van der Waals surface area (Å²) in [6, 6.07) is 3.22. The molecule has 0 saturated carbocycles. The molecule has 0 radical (unpaired) electrons. The van der Waals surface area contributed by atoms with E-state index in [0.717, 1.165) is 0 Å². The first kappa shape index (κ1) is 16.6. The zero-order chi connectivity index (χ0) is 16.0. The van der Waals surface area contributed by atoms with Crippen molar-refractivity contribution in [3.8, 4) is 17.2 Å². The van der Waals surface area contributed by atoms with Gasteiger partial charge in [0.1, 0.15) is 0 Å². The van der Waals surface area contributed by atoms with Gasteiger partial charge in [-0.2, -0.15) is 0 Å². The zero-order valence-corrected chi connectivity index (χ0v) is 12.1. The lowest BCUT2D eigenvalue weighted by Gasteiger charge is -2.16. The number of carboxylic acids is 2. The fraction of sp³-hybridized carbons (Fsp3) is 0.429. The molecular weight excluding hydrogens is 280 g/mol. The molecule has 0 saturated heterocycles. The normalized spacial score (nSPS) is 11.6. The van der Waals surface area contributed by atoms with Gasteiger partial charge >= 0.3 is 11.9 Å². The fourth-order valence-corrected chi connectivity index (χ4v) is 2.00. The lowest BCUT2D eigenvalue weighted by Crippen LogP contribution is -2.20. The summed E-state index contributed by atoms with van der Waals surface area (Å²) < 4.78 is 15.5. The second-order valence-corrected chi connectivity index (χ2v) is 4.37. The van der Waals surface area contributed by atoms with Crippen LogP contribution < -0.4 is 14.2 Å². The van der Waals surface area contributed by atoms with Crippen molar-refractivity contribution in [2.24, 2.45) is 5.92 Å². The summed E-state index contributed by atoms with van der Waals surface area (Å²) in [5.74, 6) is -2.15. The van der Waals surface area contributed by atoms with Gasteiger partial charge in [-0.05, 0) is 24.1 Å². The first-order valence-corrected chi connectivity index (χ1v) is 6.16. The van der Waals surface area contributed by atoms with E-state index < -0.39 is 24.3 Å². The summed E-state index contributed by atoms with van der Waals surface area (Å²) in [5.41, 5.74) is 0.596. The molecule has 0 aliphatic carbocycles. The van der Waals surface area contributed by atoms with Crippen LogP contribution in [0.15, 0.2) is 12.1 Å². The van der Waals surface area contributed by atoms with Crippen molar-refractivity contribution < 1.29 is 34.0 Å². The van der Waals surface area contributed by atoms with Crippen LogP contribution in [-0.4, -0.2) is 43.5 Å². The number of hydrogen-bond donors (Lipinski definition) is 2. The van der Waals surface area contributed by atoms with E-state index >= 15 is 0 Å². The third kappa shape index (κ3) is 4.27. The molecule has 0 bridgehead atoms. The highest BCUT2D eigenvalue weighted by molar-refractivity contribution is 5.78. The maximum atomic E-state index is 11.1. The number of ether oxygens (including phenoxy) is 3. The van der Waals surface area contributed by atoms with E-state index in [4.69, 9.17) is 24.4 Å². The summed E-state index contributed by atoms with van der Waals surface area (Å²) in [4.78, 5) is 21.8. The van der Waals surface area contributed by atoms with Crippen LogP contribution in [0.5, 0.6) is 17.2 Å². The van der Waals surface area contributed by atoms with Gasteiger partial charge in [0.05, 0.1) is 33.7 Å². The Hall–Kier alpha value is -2.44. The molecule has 116 valence electrons. The third-order valence-electron chi connectivity index (χ3n) is 2.98. The molecule has 7 heteroatoms. The van der Waals surface area contributed by atoms with Crippen molar-refractivity contribution in [1.29, 1.82) is 0 Å². The zero-order valence-electron chi connectivity index (χ0n) is 12.1. The number of aliphatic carboxylic acids is 2. The molecule has 2 N–H and O–H groups in total. The summed E-state index contributed by atoms with van der Waals surface area (Å²) >= 11 is 0. The Morgan fingerprint density at radius 3 is 1.90 bits per heavy atom. The summed E-state index contributed by atoms with van der Waals surface area (Å²) in [6.45, 7) is 0. The molecular formula is C14H18O7. The number of rotatable bonds is 8. The van der Waals surface area contributed by atoms with E-state index in [1.807, 2.05) is 0 Å². The lowest BCUT2D eigenvalue weighted by molar-refractivity contribution is -0.148. The molecule has 0 spiro atoms. The number of carbonyl (C=O) groups is 2. The quantitative estimate of drug-likeness (QED) is 0.748. The van der Waals surface area contributed by atoms with Gasteiger partial charge in [0.2, 0.25) is 5.75 Å². The van der Waals surface area contributed by atoms with E-state index in [2.05, 4.69) is 0 Å². The SMILES string of the molecule is COc1cc(C[C@@H](CC(=O)O)C(=O)O)cc(OC)c1OC. The summed E-state index contributed by atoms with van der Waals surface area (Å²) in [6.07, 6.45) is -0.398. The molecule has 0 unspecified atom stereocenters. The average molecular weight is 298 g/mol. The molecule has 1 aromatic carbocycles. The van der Waals surface area contributed by atoms with Gasteiger partial charge < -0.3 is 24.4 Å². The van der Waals surface area contributed by atoms with Crippen LogP contribution in [0.25, 0.3) is 0 Å². The van der Waals surface area contributed by atoms with E-state index in [1.165, 1.54) is 21.3 Å². The Morgan fingerprint density at radius 2 is 1.57 bits per heavy atom. The molecule has 0 aliphatic rings. The Balaban J connectivity index is 3.12. The van der Waals surface area contributed by atoms with Gasteiger partial charge in [-0.1, -0.05) is 0 Å². The van der Waals surface area contributed by atoms with E-state index in [9.17, 15) is 9.59 Å². The van der Waals surface area contributed by atoms with Gasteiger partial charge in [0, 0.05) is 0 Å². The predicted octanol–water partition coefficient (Wildman–Crippen LogP) is 1.43. The fourth-order valence-electron chi connectivity index (χ4n) is 2.00. The van der Waals surface area contributed by atoms with E-state index in [-0.39, 0.29) is 6.42 Å². The largest absolute Gasteiger partial charge is 0.493 e. The topological polar surface area (TPSA) is 102 Å². The highest BCUT2D eigenvalue weighted by atomic mass is 16.5. The molecule has 0 fully saturated rings. The summed E-state index contributed by atoms with van der Waals surface area (Å²) in [5, 5.41) is 17.8. The first-order valence-electron chi connectivity index (χ1n) is 6.16. The van der Waals surface area contributed by atoms with Crippen LogP contribution in [0.1, 0.15) is 12.0 Å². The van der Waals surface area contributed by atoms with Gasteiger partial charge in [-0.25, -0.2) is 0 Å². The lowest BCUT2D eigenvalue weighted by atomic mass is 9.96. The van der Waals surface area contributed by atoms with Crippen molar-refractivity contribution in [2.45, 2.75) is 12.8 Å². The minimum atomic E-state index is -1.16. The standard InChI is InChI=1S/C14H18O7/c1-19-10-5-8(6-11(20-2)13(10)21-3)4-9(14(17)18)7-12(15)16/h5-6,9H,4,7H2,1-3H3,(H,15,16)(H,17,18)/t9-/m0/s1. The maximum absolute atomic E-state index is 11.1. The van der Waals surface area contributed by atoms with Crippen LogP contribution in [0, 0.1) is 5.92 Å². The Bertz CT molecular complexity index is 499. The molecule has 7 nitrogen and oxygen atoms in total. The molecule has 1 aromatic rings. The maximum Gasteiger partial charge on any atom is 0.307 e. The number of methoxy groups -OCH3 is 3. The van der Waals surface area contributed by atoms with Crippen molar-refractivity contribution in [1.82, 2.24) is 0 Å². The highest BCUT2D eigenvalue weighted by Crippen LogP contribution is 2.38. The minimum Gasteiger partial charge on any atom is -0.493 e. The molecule has 0 aliphatic heterocycles. The third-order valence-corrected chi connectivity index (χ3v) is 2.98. The highest BCUT2D eigenvalue weighted by Gasteiger charge is 2.23. The van der Waals surface area contributed by atoms with Crippen molar-refractivity contribution in [3.63, 3.8) is 0 Å². The van der Waals surface area contributed by atoms with Crippen molar-refractivity contribution in [3.05, 3.63) is 17.7 Å². The van der Waals surface area contributed by atoms with Crippen LogP contribution >= 0.6 is 0 Å². The van der Waals surface area contributed by atoms with Crippen molar-refractivity contribution >= 4 is 11.9 Å². The number of benzene rings is 1. The number of carboxylic acid groups (broad SMARTS) is 2. The van der Waals surface area contributed by atoms with Crippen molar-refractivity contribution in [2.75, 3.05) is 21.3 Å². The molecule has 0 amide bonds. The van der Waals surface area contributed by atoms with Gasteiger partial charge in [-0.3, -0.25) is 9.59 Å². The van der Waals surface area contributed by atoms with Crippen LogP contribution in [0.4, 0.5) is 0 Å². The van der Waals surface area contributed by atoms with Gasteiger partial charge in [0.15, 0.2) is 11.5 Å². The Labute approximate surface area is 122 Å². The predicted molar refractivity (Wildman–Crippen MR) is 73.2 cm³/mol. The second-order valence-electron chi connectivity index (χ2n) is 4.37. The Morgan fingerprint density at radius 1 is 1.05 bits per heavy atom. The van der Waals surface area contributed by atoms with Crippen LogP contribution in [0.2, 0.25) is 0 Å². The van der Waals surface area contributed by atoms with Crippen LogP contribution in [0.3, 0.4) is 0 Å². The van der Waals surface area contributed by atoms with E-state index in [1.54, 1.807) is 12.1 Å². The number of hydrogen-bond acceptors (Lipinski definition) is 5. The van der Waals surface area contributed by atoms with Gasteiger partial charge in [0.25, 0.3) is 0 Å². The minimum absolute atomic E-state index is 0.0539. The first-order chi connectivity index (χ1) is 9.92.